The Bertz CT molecular complexity index is 1570. The van der Waals surface area contributed by atoms with Crippen molar-refractivity contribution < 1.29 is 62.6 Å². The Kier molecular flexibility index (Phi) is 9.19. The lowest BCUT2D eigenvalue weighted by Gasteiger charge is -2.66. The van der Waals surface area contributed by atoms with Crippen molar-refractivity contribution in [2.45, 2.75) is 95.3 Å². The zero-order valence-electron chi connectivity index (χ0n) is 27.5. The minimum atomic E-state index is -2.26. The zero-order chi connectivity index (χ0) is 35.2. The van der Waals surface area contributed by atoms with Crippen LogP contribution in [0.15, 0.2) is 60.7 Å². The molecule has 3 fully saturated rings. The lowest BCUT2D eigenvalue weighted by Crippen LogP contribution is -2.85. The second kappa shape index (κ2) is 12.6. The van der Waals surface area contributed by atoms with Gasteiger partial charge in [0.25, 0.3) is 0 Å². The number of aliphatic hydroxyl groups excluding tert-OH is 1. The molecule has 2 aromatic rings. The quantitative estimate of drug-likeness (QED) is 0.310. The predicted octanol–water partition coefficient (Wildman–Crippen LogP) is 2.54. The van der Waals surface area contributed by atoms with E-state index >= 15 is 0 Å². The molecule has 1 heterocycles. The second-order valence-corrected chi connectivity index (χ2v) is 13.3. The Balaban J connectivity index is 1.84. The van der Waals surface area contributed by atoms with E-state index < -0.39 is 102 Å². The van der Waals surface area contributed by atoms with Gasteiger partial charge in [-0.25, -0.2) is 9.59 Å². The van der Waals surface area contributed by atoms with Crippen LogP contribution in [0.2, 0.25) is 0 Å². The maximum absolute atomic E-state index is 14.0. The fourth-order valence-corrected chi connectivity index (χ4v) is 8.10. The Morgan fingerprint density at radius 2 is 1.27 bits per heavy atom. The van der Waals surface area contributed by atoms with Crippen molar-refractivity contribution in [3.8, 4) is 0 Å². The highest BCUT2D eigenvalue weighted by Crippen LogP contribution is 2.69. The van der Waals surface area contributed by atoms with Crippen LogP contribution in [0.1, 0.15) is 68.7 Å². The fourth-order valence-electron chi connectivity index (χ4n) is 8.10. The summed E-state index contributed by atoms with van der Waals surface area (Å²) in [6.45, 7) is 7.04. The summed E-state index contributed by atoms with van der Waals surface area (Å²) < 4.78 is 36.3. The van der Waals surface area contributed by atoms with Crippen LogP contribution in [0, 0.1) is 11.3 Å². The Labute approximate surface area is 277 Å². The summed E-state index contributed by atoms with van der Waals surface area (Å²) >= 11 is 0. The molecular weight excluding hydrogens is 628 g/mol. The number of aliphatic hydroxyl groups is 2. The molecule has 2 N–H and O–H groups in total. The van der Waals surface area contributed by atoms with Crippen molar-refractivity contribution in [3.05, 3.63) is 71.8 Å². The first kappa shape index (κ1) is 35.0. The number of hydrogen-bond donors (Lipinski definition) is 2. The predicted molar refractivity (Wildman–Crippen MR) is 164 cm³/mol. The molecule has 3 aliphatic rings. The van der Waals surface area contributed by atoms with Gasteiger partial charge in [0.15, 0.2) is 12.2 Å². The first-order chi connectivity index (χ1) is 22.5. The van der Waals surface area contributed by atoms with E-state index in [2.05, 4.69) is 0 Å². The average Bonchev–Trinajstić information content (AvgIpc) is 3.19. The van der Waals surface area contributed by atoms with Crippen molar-refractivity contribution >= 4 is 29.8 Å². The molecule has 2 bridgehead atoms. The van der Waals surface area contributed by atoms with Crippen molar-refractivity contribution in [2.75, 3.05) is 6.61 Å². The SMILES string of the molecule is CC(=O)OC[C@]12[C@H](OC(=O)c3ccccc3)[C@@H](OC(=O)c3ccccc3)[C@@H]3[C@@H](O)[C@@]1(OC3(C)C)[C@@](C)(O)C[C@H](OC(C)=O)[C@@H]2OC(C)=O. The number of carbonyl (C=O) groups is 5. The molecule has 0 radical (unpaired) electrons. The zero-order valence-corrected chi connectivity index (χ0v) is 27.5. The van der Waals surface area contributed by atoms with E-state index in [1.165, 1.54) is 31.2 Å². The third-order valence-electron chi connectivity index (χ3n) is 9.70. The Hall–Kier alpha value is -4.33. The van der Waals surface area contributed by atoms with Gasteiger partial charge in [-0.2, -0.15) is 0 Å². The van der Waals surface area contributed by atoms with Crippen LogP contribution in [0.3, 0.4) is 0 Å². The lowest BCUT2D eigenvalue weighted by atomic mass is 9.45. The van der Waals surface area contributed by atoms with Crippen LogP contribution < -0.4 is 0 Å². The number of benzene rings is 2. The van der Waals surface area contributed by atoms with Gasteiger partial charge >= 0.3 is 29.8 Å². The second-order valence-electron chi connectivity index (χ2n) is 13.3. The number of ether oxygens (including phenoxy) is 6. The molecule has 258 valence electrons. The normalized spacial score (nSPS) is 34.6. The summed E-state index contributed by atoms with van der Waals surface area (Å²) in [5.41, 5.74) is -7.84. The first-order valence-electron chi connectivity index (χ1n) is 15.6. The molecule has 13 heteroatoms. The molecule has 0 aromatic heterocycles. The van der Waals surface area contributed by atoms with Crippen molar-refractivity contribution in [3.63, 3.8) is 0 Å². The van der Waals surface area contributed by atoms with E-state index in [1.807, 2.05) is 0 Å². The summed E-state index contributed by atoms with van der Waals surface area (Å²) in [6, 6.07) is 15.8. The third kappa shape index (κ3) is 5.63. The molecular formula is C35H40O13. The topological polar surface area (TPSA) is 181 Å². The van der Waals surface area contributed by atoms with Crippen LogP contribution in [-0.4, -0.2) is 94.0 Å². The highest BCUT2D eigenvalue weighted by atomic mass is 16.6. The fraction of sp³-hybridized carbons (Fsp3) is 0.514. The van der Waals surface area contributed by atoms with Crippen LogP contribution in [0.5, 0.6) is 0 Å². The van der Waals surface area contributed by atoms with E-state index in [9.17, 15) is 34.2 Å². The highest BCUT2D eigenvalue weighted by molar-refractivity contribution is 5.90. The van der Waals surface area contributed by atoms with Gasteiger partial charge in [0, 0.05) is 27.2 Å². The molecule has 9 atom stereocenters. The largest absolute Gasteiger partial charge is 0.465 e. The van der Waals surface area contributed by atoms with Gasteiger partial charge in [-0.3, -0.25) is 14.4 Å². The van der Waals surface area contributed by atoms with Crippen molar-refractivity contribution in [1.82, 2.24) is 0 Å². The standard InChI is InChI=1S/C35H40O13/c1-19(36)43-18-34-28(45-21(3)38)24(44-20(2)37)17-33(6,42)35(34)27(39)25(32(4,5)48-35)26(46-30(40)22-13-9-7-10-14-22)29(34)47-31(41)23-15-11-8-12-16-23/h7-16,24-29,39,42H,17-18H2,1-6H3/t24-,25+,26-,27+,28-,29+,33-,34-,35+/m0/s1. The van der Waals surface area contributed by atoms with Crippen LogP contribution in [-0.2, 0) is 42.8 Å². The van der Waals surface area contributed by atoms with E-state index in [1.54, 1.807) is 50.2 Å². The monoisotopic (exact) mass is 668 g/mol. The van der Waals surface area contributed by atoms with Crippen molar-refractivity contribution in [2.24, 2.45) is 11.3 Å². The minimum absolute atomic E-state index is 0.0871. The summed E-state index contributed by atoms with van der Waals surface area (Å²) in [5.74, 6) is -5.44. The van der Waals surface area contributed by atoms with E-state index in [-0.39, 0.29) is 11.1 Å². The molecule has 1 aliphatic heterocycles. The van der Waals surface area contributed by atoms with Gasteiger partial charge in [-0.1, -0.05) is 36.4 Å². The van der Waals surface area contributed by atoms with Gasteiger partial charge < -0.3 is 38.6 Å². The number of hydrogen-bond acceptors (Lipinski definition) is 13. The summed E-state index contributed by atoms with van der Waals surface area (Å²) in [5, 5.41) is 24.9. The smallest absolute Gasteiger partial charge is 0.338 e. The molecule has 2 saturated carbocycles. The number of fused-ring (bicyclic) bond motifs is 1. The number of rotatable bonds is 8. The molecule has 2 aliphatic carbocycles. The van der Waals surface area contributed by atoms with Gasteiger partial charge in [-0.15, -0.1) is 0 Å². The molecule has 1 saturated heterocycles. The highest BCUT2D eigenvalue weighted by Gasteiger charge is 2.88. The van der Waals surface area contributed by atoms with Gasteiger partial charge in [-0.05, 0) is 45.0 Å². The average molecular weight is 669 g/mol. The van der Waals surface area contributed by atoms with Gasteiger partial charge in [0.05, 0.1) is 34.4 Å². The van der Waals surface area contributed by atoms with Gasteiger partial charge in [0.2, 0.25) is 0 Å². The minimum Gasteiger partial charge on any atom is -0.465 e. The molecule has 0 unspecified atom stereocenters. The van der Waals surface area contributed by atoms with Crippen molar-refractivity contribution in [1.29, 1.82) is 0 Å². The molecule has 2 aromatic carbocycles. The molecule has 1 spiro atoms. The van der Waals surface area contributed by atoms with Crippen LogP contribution >= 0.6 is 0 Å². The molecule has 0 amide bonds. The Morgan fingerprint density at radius 3 is 1.77 bits per heavy atom. The van der Waals surface area contributed by atoms with E-state index in [0.29, 0.717) is 0 Å². The summed E-state index contributed by atoms with van der Waals surface area (Å²) in [6.07, 6.45) is -8.57. The lowest BCUT2D eigenvalue weighted by molar-refractivity contribution is -0.362. The molecule has 48 heavy (non-hydrogen) atoms. The number of esters is 5. The first-order valence-corrected chi connectivity index (χ1v) is 15.6. The molecule has 13 nitrogen and oxygen atoms in total. The van der Waals surface area contributed by atoms with E-state index in [4.69, 9.17) is 28.4 Å². The summed E-state index contributed by atoms with van der Waals surface area (Å²) in [4.78, 5) is 65.6. The summed E-state index contributed by atoms with van der Waals surface area (Å²) in [7, 11) is 0. The van der Waals surface area contributed by atoms with Gasteiger partial charge in [0.1, 0.15) is 29.8 Å². The number of carbonyl (C=O) groups excluding carboxylic acids is 5. The van der Waals surface area contributed by atoms with Crippen LogP contribution in [0.25, 0.3) is 0 Å². The maximum Gasteiger partial charge on any atom is 0.338 e. The Morgan fingerprint density at radius 1 is 0.750 bits per heavy atom. The third-order valence-corrected chi connectivity index (χ3v) is 9.70. The van der Waals surface area contributed by atoms with E-state index in [0.717, 1.165) is 20.8 Å². The maximum atomic E-state index is 14.0. The molecule has 5 rings (SSSR count). The van der Waals surface area contributed by atoms with Crippen LogP contribution in [0.4, 0.5) is 0 Å².